The maximum Gasteiger partial charge on any atom is 1.00 e. The minimum atomic E-state index is -5.05. The van der Waals surface area contributed by atoms with E-state index >= 15 is 0 Å². The molecule has 0 fully saturated rings. The molecular weight excluding hydrogens is 367 g/mol. The molecule has 1 aromatic heterocycles. The molecule has 0 aliphatic heterocycles. The predicted octanol–water partition coefficient (Wildman–Crippen LogP) is -1.26. The van der Waals surface area contributed by atoms with Crippen LogP contribution in [0.2, 0.25) is 0 Å². The molecule has 132 valence electrons. The van der Waals surface area contributed by atoms with Crippen LogP contribution in [-0.2, 0) is 19.9 Å². The Morgan fingerprint density at radius 1 is 1.28 bits per heavy atom. The summed E-state index contributed by atoms with van der Waals surface area (Å²) in [4.78, 5) is 12.0. The van der Waals surface area contributed by atoms with E-state index in [1.807, 2.05) is 0 Å². The molecule has 0 saturated carbocycles. The van der Waals surface area contributed by atoms with Crippen molar-refractivity contribution in [3.8, 4) is 11.5 Å². The number of hydrogen-bond acceptors (Lipinski definition) is 9. The van der Waals surface area contributed by atoms with Crippen LogP contribution in [0.1, 0.15) is 23.0 Å². The number of carbonyl (C=O) groups is 1. The number of rotatable bonds is 7. The number of esters is 1. The second-order valence-corrected chi connectivity index (χ2v) is 5.57. The van der Waals surface area contributed by atoms with E-state index in [2.05, 4.69) is 4.18 Å². The molecule has 1 heterocycles. The second kappa shape index (κ2) is 8.88. The molecule has 0 bridgehead atoms. The summed E-state index contributed by atoms with van der Waals surface area (Å²) < 4.78 is 57.4. The predicted molar refractivity (Wildman–Crippen MR) is 79.7 cm³/mol. The van der Waals surface area contributed by atoms with Gasteiger partial charge in [-0.2, -0.15) is 0 Å². The van der Waals surface area contributed by atoms with Gasteiger partial charge in [0.15, 0.2) is 18.3 Å². The first kappa shape index (κ1) is 21.7. The fourth-order valence-corrected chi connectivity index (χ4v) is 2.44. The molecule has 0 unspecified atom stereocenters. The standard InChI is InChI=1S/C14H16O9S.Na/c1-4-20-14(15)13-8(2)22-10-6-11(21-7-19-3)12(5-9(10)13)23-24(16,17)18;/h5-6H,4,7H2,1-3H3,(H,16,17,18);/q;+1/p-1. The van der Waals surface area contributed by atoms with Crippen LogP contribution in [0.3, 0.4) is 0 Å². The molecule has 0 radical (unpaired) electrons. The van der Waals surface area contributed by atoms with Crippen molar-refractivity contribution in [2.75, 3.05) is 20.5 Å². The van der Waals surface area contributed by atoms with E-state index in [1.165, 1.54) is 19.2 Å². The molecule has 0 saturated heterocycles. The zero-order valence-electron chi connectivity index (χ0n) is 14.2. The topological polar surface area (TPSA) is 124 Å². The van der Waals surface area contributed by atoms with Crippen molar-refractivity contribution in [1.29, 1.82) is 0 Å². The molecule has 0 N–H and O–H groups in total. The van der Waals surface area contributed by atoms with E-state index in [1.54, 1.807) is 13.8 Å². The van der Waals surface area contributed by atoms with Gasteiger partial charge in [0.1, 0.15) is 16.9 Å². The molecule has 25 heavy (non-hydrogen) atoms. The molecule has 11 heteroatoms. The average Bonchev–Trinajstić information content (AvgIpc) is 2.78. The van der Waals surface area contributed by atoms with Crippen LogP contribution in [-0.4, -0.2) is 39.4 Å². The van der Waals surface area contributed by atoms with E-state index < -0.39 is 16.4 Å². The number of fused-ring (bicyclic) bond motifs is 1. The van der Waals surface area contributed by atoms with Gasteiger partial charge >= 0.3 is 35.5 Å². The molecule has 0 spiro atoms. The first-order valence-corrected chi connectivity index (χ1v) is 8.11. The van der Waals surface area contributed by atoms with Crippen LogP contribution in [0.25, 0.3) is 11.0 Å². The number of furan rings is 1. The maximum absolute atomic E-state index is 12.0. The van der Waals surface area contributed by atoms with Gasteiger partial charge in [0.2, 0.25) is 0 Å². The van der Waals surface area contributed by atoms with Crippen LogP contribution >= 0.6 is 0 Å². The van der Waals surface area contributed by atoms with Crippen LogP contribution in [0.4, 0.5) is 0 Å². The van der Waals surface area contributed by atoms with Gasteiger partial charge in [-0.1, -0.05) is 0 Å². The molecule has 9 nitrogen and oxygen atoms in total. The maximum atomic E-state index is 12.0. The van der Waals surface area contributed by atoms with Crippen LogP contribution < -0.4 is 38.5 Å². The molecule has 0 amide bonds. The molecule has 0 aliphatic rings. The Labute approximate surface area is 166 Å². The average molecular weight is 382 g/mol. The summed E-state index contributed by atoms with van der Waals surface area (Å²) in [6, 6.07) is 2.46. The fraction of sp³-hybridized carbons (Fsp3) is 0.357. The number of benzene rings is 1. The summed E-state index contributed by atoms with van der Waals surface area (Å²) in [6.07, 6.45) is 0. The van der Waals surface area contributed by atoms with Crippen molar-refractivity contribution in [3.05, 3.63) is 23.5 Å². The zero-order valence-corrected chi connectivity index (χ0v) is 17.0. The first-order chi connectivity index (χ1) is 11.3. The van der Waals surface area contributed by atoms with Gasteiger partial charge in [0, 0.05) is 18.6 Å². The summed E-state index contributed by atoms with van der Waals surface area (Å²) in [5.74, 6) is -0.854. The van der Waals surface area contributed by atoms with Crippen LogP contribution in [0, 0.1) is 6.92 Å². The molecule has 2 rings (SSSR count). The summed E-state index contributed by atoms with van der Waals surface area (Å²) in [7, 11) is -3.69. The van der Waals surface area contributed by atoms with Crippen LogP contribution in [0.5, 0.6) is 11.5 Å². The van der Waals surface area contributed by atoms with Crippen molar-refractivity contribution in [1.82, 2.24) is 0 Å². The number of carbonyl (C=O) groups excluding carboxylic acids is 1. The number of methoxy groups -OCH3 is 1. The first-order valence-electron chi connectivity index (χ1n) is 6.78. The van der Waals surface area contributed by atoms with E-state index in [9.17, 15) is 17.8 Å². The number of hydrogen-bond donors (Lipinski definition) is 0. The fourth-order valence-electron chi connectivity index (χ4n) is 2.09. The normalized spacial score (nSPS) is 11.0. The monoisotopic (exact) mass is 382 g/mol. The van der Waals surface area contributed by atoms with Gasteiger partial charge in [0.25, 0.3) is 10.4 Å². The van der Waals surface area contributed by atoms with Crippen molar-refractivity contribution in [2.24, 2.45) is 0 Å². The van der Waals surface area contributed by atoms with E-state index in [0.29, 0.717) is 0 Å². The number of aryl methyl sites for hydroxylation is 1. The van der Waals surface area contributed by atoms with Crippen molar-refractivity contribution < 1.29 is 70.1 Å². The Bertz CT molecular complexity index is 857. The van der Waals surface area contributed by atoms with Gasteiger partial charge in [-0.05, 0) is 19.9 Å². The number of ether oxygens (including phenoxy) is 3. The largest absolute Gasteiger partial charge is 1.00 e. The molecule has 0 atom stereocenters. The molecular formula is C14H15NaO9S. The van der Waals surface area contributed by atoms with Gasteiger partial charge < -0.3 is 27.4 Å². The van der Waals surface area contributed by atoms with Crippen molar-refractivity contribution >= 4 is 27.3 Å². The van der Waals surface area contributed by atoms with Gasteiger partial charge in [-0.3, -0.25) is 0 Å². The summed E-state index contributed by atoms with van der Waals surface area (Å²) >= 11 is 0. The van der Waals surface area contributed by atoms with Crippen molar-refractivity contribution in [3.63, 3.8) is 0 Å². The van der Waals surface area contributed by atoms with Gasteiger partial charge in [-0.15, -0.1) is 0 Å². The Morgan fingerprint density at radius 3 is 2.52 bits per heavy atom. The third-order valence-corrected chi connectivity index (χ3v) is 3.32. The Hall–Kier alpha value is -1.30. The Morgan fingerprint density at radius 2 is 1.96 bits per heavy atom. The second-order valence-electron chi connectivity index (χ2n) is 4.59. The van der Waals surface area contributed by atoms with E-state index in [0.717, 1.165) is 0 Å². The summed E-state index contributed by atoms with van der Waals surface area (Å²) in [5, 5.41) is 0.231. The van der Waals surface area contributed by atoms with E-state index in [4.69, 9.17) is 18.6 Å². The van der Waals surface area contributed by atoms with Crippen LogP contribution in [0.15, 0.2) is 16.5 Å². The molecule has 1 aromatic carbocycles. The SMILES string of the molecule is CCOC(=O)c1c(C)oc2cc(OCOC)c(OS(=O)(=O)[O-])cc12.[Na+]. The molecule has 0 aliphatic carbocycles. The third kappa shape index (κ3) is 5.33. The van der Waals surface area contributed by atoms with E-state index in [-0.39, 0.29) is 76.7 Å². The smallest absolute Gasteiger partial charge is 0.716 e. The minimum absolute atomic E-state index is 0. The zero-order chi connectivity index (χ0) is 17.9. The summed E-state index contributed by atoms with van der Waals surface area (Å²) in [6.45, 7) is 3.13. The quantitative estimate of drug-likeness (QED) is 0.190. The summed E-state index contributed by atoms with van der Waals surface area (Å²) in [5.41, 5.74) is 0.343. The Balaban J connectivity index is 0.00000312. The third-order valence-electron chi connectivity index (χ3n) is 2.93. The van der Waals surface area contributed by atoms with Crippen molar-refractivity contribution in [2.45, 2.75) is 13.8 Å². The molecule has 2 aromatic rings. The minimum Gasteiger partial charge on any atom is -0.716 e. The van der Waals surface area contributed by atoms with Gasteiger partial charge in [0.05, 0.1) is 6.61 Å². The Kier molecular flexibility index (Phi) is 7.72. The van der Waals surface area contributed by atoms with Gasteiger partial charge in [-0.25, -0.2) is 13.2 Å².